The van der Waals surface area contributed by atoms with Crippen LogP contribution in [0.5, 0.6) is 0 Å². The molecule has 0 aliphatic rings. The van der Waals surface area contributed by atoms with Crippen molar-refractivity contribution in [3.63, 3.8) is 0 Å². The molecule has 1 rings (SSSR count). The Balaban J connectivity index is 2.95. The smallest absolute Gasteiger partial charge is 0.241 e. The molecule has 8 heteroatoms. The van der Waals surface area contributed by atoms with Gasteiger partial charge in [-0.1, -0.05) is 0 Å². The lowest BCUT2D eigenvalue weighted by Crippen LogP contribution is -2.29. The number of likely N-dealkylation sites (N-methyl/N-ethyl adjacent to an activating group) is 1. The van der Waals surface area contributed by atoms with Gasteiger partial charge in [0.1, 0.15) is 0 Å². The molecule has 0 aliphatic carbocycles. The third-order valence-corrected chi connectivity index (χ3v) is 2.01. The molecule has 0 radical (unpaired) electrons. The van der Waals surface area contributed by atoms with E-state index in [4.69, 9.17) is 34.8 Å². The van der Waals surface area contributed by atoms with Gasteiger partial charge in [0, 0.05) is 6.54 Å². The zero-order valence-corrected chi connectivity index (χ0v) is 10.0. The number of aromatic nitrogens is 3. The molecule has 1 aromatic heterocycles. The maximum atomic E-state index is 10.7. The van der Waals surface area contributed by atoms with Crippen molar-refractivity contribution in [1.82, 2.24) is 15.0 Å². The molecule has 1 heterocycles. The minimum absolute atomic E-state index is 0.00523. The van der Waals surface area contributed by atoms with Gasteiger partial charge in [0.2, 0.25) is 21.8 Å². The zero-order valence-electron chi connectivity index (χ0n) is 7.75. The van der Waals surface area contributed by atoms with E-state index in [0.29, 0.717) is 6.54 Å². The Morgan fingerprint density at radius 2 is 1.80 bits per heavy atom. The molecular weight excluding hydrogens is 262 g/mol. The monoisotopic (exact) mass is 268 g/mol. The minimum atomic E-state index is -0.510. The number of carbonyl (C=O) groups excluding carboxylic acids is 1. The van der Waals surface area contributed by atoms with Crippen LogP contribution < -0.4 is 4.90 Å². The van der Waals surface area contributed by atoms with Gasteiger partial charge in [-0.15, -0.1) is 0 Å². The van der Waals surface area contributed by atoms with Crippen LogP contribution in [-0.2, 0) is 4.79 Å². The molecule has 0 bridgehead atoms. The molecule has 0 aromatic carbocycles. The molecule has 1 aromatic rings. The Labute approximate surface area is 101 Å². The van der Waals surface area contributed by atoms with E-state index in [2.05, 4.69) is 15.0 Å². The summed E-state index contributed by atoms with van der Waals surface area (Å²) in [5, 5.41) is -0.555. The van der Waals surface area contributed by atoms with Crippen molar-refractivity contribution in [2.24, 2.45) is 0 Å². The maximum absolute atomic E-state index is 10.7. The van der Waals surface area contributed by atoms with Crippen LogP contribution in [-0.4, -0.2) is 33.3 Å². The van der Waals surface area contributed by atoms with Crippen molar-refractivity contribution in [1.29, 1.82) is 0 Å². The van der Waals surface area contributed by atoms with Gasteiger partial charge in [0.05, 0.1) is 6.54 Å². The quantitative estimate of drug-likeness (QED) is 0.780. The van der Waals surface area contributed by atoms with Crippen LogP contribution in [0.4, 0.5) is 5.95 Å². The van der Waals surface area contributed by atoms with E-state index in [0.717, 1.165) is 0 Å². The Morgan fingerprint density at radius 3 is 2.20 bits per heavy atom. The third-order valence-electron chi connectivity index (χ3n) is 1.55. The second-order valence-electron chi connectivity index (χ2n) is 2.54. The summed E-state index contributed by atoms with van der Waals surface area (Å²) in [6.45, 7) is 2.33. The molecule has 0 N–H and O–H groups in total. The van der Waals surface area contributed by atoms with Gasteiger partial charge in [-0.25, -0.2) is 0 Å². The van der Waals surface area contributed by atoms with E-state index in [-0.39, 0.29) is 23.1 Å². The summed E-state index contributed by atoms with van der Waals surface area (Å²) >= 11 is 16.5. The van der Waals surface area contributed by atoms with Crippen LogP contribution in [0.1, 0.15) is 6.92 Å². The van der Waals surface area contributed by atoms with Crippen molar-refractivity contribution in [2.45, 2.75) is 6.92 Å². The molecule has 15 heavy (non-hydrogen) atoms. The first kappa shape index (κ1) is 12.4. The predicted octanol–water partition coefficient (Wildman–Crippen LogP) is 1.77. The maximum Gasteiger partial charge on any atom is 0.241 e. The summed E-state index contributed by atoms with van der Waals surface area (Å²) in [7, 11) is 0. The number of carbonyl (C=O) groups is 1. The van der Waals surface area contributed by atoms with E-state index in [1.165, 1.54) is 4.90 Å². The van der Waals surface area contributed by atoms with Gasteiger partial charge in [-0.3, -0.25) is 4.79 Å². The Hall–Kier alpha value is -0.650. The molecule has 0 unspecified atom stereocenters. The Kier molecular flexibility index (Phi) is 4.50. The van der Waals surface area contributed by atoms with Crippen molar-refractivity contribution < 1.29 is 4.79 Å². The highest BCUT2D eigenvalue weighted by Gasteiger charge is 2.13. The topological polar surface area (TPSA) is 59.0 Å². The van der Waals surface area contributed by atoms with Crippen LogP contribution in [0.25, 0.3) is 0 Å². The molecule has 0 spiro atoms. The van der Waals surface area contributed by atoms with E-state index in [1.807, 2.05) is 6.92 Å². The van der Waals surface area contributed by atoms with E-state index in [1.54, 1.807) is 0 Å². The van der Waals surface area contributed by atoms with E-state index >= 15 is 0 Å². The summed E-state index contributed by atoms with van der Waals surface area (Å²) in [6.07, 6.45) is 0. The SMILES string of the molecule is CCN(CC(=O)Cl)c1nc(Cl)nc(Cl)n1. The first-order chi connectivity index (χ1) is 7.02. The van der Waals surface area contributed by atoms with Crippen LogP contribution in [0.3, 0.4) is 0 Å². The highest BCUT2D eigenvalue weighted by atomic mass is 35.5. The van der Waals surface area contributed by atoms with E-state index in [9.17, 15) is 4.79 Å². The van der Waals surface area contributed by atoms with Gasteiger partial charge in [-0.2, -0.15) is 15.0 Å². The first-order valence-corrected chi connectivity index (χ1v) is 5.16. The standard InChI is InChI=1S/C7H7Cl3N4O/c1-2-14(3-4(8)15)7-12-5(9)11-6(10)13-7/h2-3H2,1H3. The van der Waals surface area contributed by atoms with Crippen molar-refractivity contribution >= 4 is 46.0 Å². The van der Waals surface area contributed by atoms with Crippen LogP contribution in [0.2, 0.25) is 10.6 Å². The summed E-state index contributed by atoms with van der Waals surface area (Å²) in [5.74, 6) is 0.233. The third kappa shape index (κ3) is 3.77. The number of hydrogen-bond acceptors (Lipinski definition) is 5. The van der Waals surface area contributed by atoms with Crippen LogP contribution >= 0.6 is 34.8 Å². The molecule has 5 nitrogen and oxygen atoms in total. The lowest BCUT2D eigenvalue weighted by molar-refractivity contribution is -0.110. The molecule has 82 valence electrons. The number of halogens is 3. The normalized spacial score (nSPS) is 10.1. The summed E-state index contributed by atoms with van der Waals surface area (Å²) < 4.78 is 0. The fraction of sp³-hybridized carbons (Fsp3) is 0.429. The predicted molar refractivity (Wildman–Crippen MR) is 58.6 cm³/mol. The first-order valence-electron chi connectivity index (χ1n) is 4.03. The second-order valence-corrected chi connectivity index (χ2v) is 3.64. The molecule has 0 atom stereocenters. The fourth-order valence-electron chi connectivity index (χ4n) is 0.932. The number of hydrogen-bond donors (Lipinski definition) is 0. The molecular formula is C7H7Cl3N4O. The minimum Gasteiger partial charge on any atom is -0.332 e. The number of rotatable bonds is 4. The van der Waals surface area contributed by atoms with Gasteiger partial charge >= 0.3 is 0 Å². The lowest BCUT2D eigenvalue weighted by Gasteiger charge is -2.17. The molecule has 0 aliphatic heterocycles. The lowest BCUT2D eigenvalue weighted by atomic mass is 10.5. The summed E-state index contributed by atoms with van der Waals surface area (Å²) in [6, 6.07) is 0. The number of nitrogens with zero attached hydrogens (tertiary/aromatic N) is 4. The second kappa shape index (κ2) is 5.44. The fourth-order valence-corrected chi connectivity index (χ4v) is 1.43. The molecule has 0 fully saturated rings. The van der Waals surface area contributed by atoms with Gasteiger partial charge in [0.25, 0.3) is 0 Å². The van der Waals surface area contributed by atoms with Crippen LogP contribution in [0.15, 0.2) is 0 Å². The average molecular weight is 270 g/mol. The van der Waals surface area contributed by atoms with Crippen molar-refractivity contribution in [2.75, 3.05) is 18.0 Å². The highest BCUT2D eigenvalue weighted by molar-refractivity contribution is 6.64. The van der Waals surface area contributed by atoms with E-state index < -0.39 is 5.24 Å². The average Bonchev–Trinajstić information content (AvgIpc) is 2.12. The van der Waals surface area contributed by atoms with Gasteiger partial charge < -0.3 is 4.90 Å². The Morgan fingerprint density at radius 1 is 1.27 bits per heavy atom. The van der Waals surface area contributed by atoms with Gasteiger partial charge in [0.15, 0.2) is 0 Å². The zero-order chi connectivity index (χ0) is 11.4. The number of anilines is 1. The largest absolute Gasteiger partial charge is 0.332 e. The molecule has 0 saturated carbocycles. The van der Waals surface area contributed by atoms with Crippen LogP contribution in [0, 0.1) is 0 Å². The Bertz CT molecular complexity index is 353. The molecule has 0 amide bonds. The molecule has 0 saturated heterocycles. The van der Waals surface area contributed by atoms with Crippen molar-refractivity contribution in [3.8, 4) is 0 Å². The summed E-state index contributed by atoms with van der Waals surface area (Å²) in [5.41, 5.74) is 0. The summed E-state index contributed by atoms with van der Waals surface area (Å²) in [4.78, 5) is 23.5. The van der Waals surface area contributed by atoms with Crippen molar-refractivity contribution in [3.05, 3.63) is 10.6 Å². The van der Waals surface area contributed by atoms with Gasteiger partial charge in [-0.05, 0) is 41.7 Å². The highest BCUT2D eigenvalue weighted by Crippen LogP contribution is 2.13.